The summed E-state index contributed by atoms with van der Waals surface area (Å²) in [6, 6.07) is 13.5. The summed E-state index contributed by atoms with van der Waals surface area (Å²) in [5.74, 6) is 0.828. The second kappa shape index (κ2) is 8.47. The number of nitrogens with one attached hydrogen (secondary N) is 3. The molecule has 28 heavy (non-hydrogen) atoms. The topological polar surface area (TPSA) is 88.7 Å². The molecule has 2 aromatic carbocycles. The maximum Gasteiger partial charge on any atom is 0.319 e. The number of urea groups is 1. The molecule has 1 aliphatic rings. The molecule has 0 bridgehead atoms. The fourth-order valence-corrected chi connectivity index (χ4v) is 3.17. The summed E-state index contributed by atoms with van der Waals surface area (Å²) in [5, 5.41) is 8.38. The van der Waals surface area contributed by atoms with Gasteiger partial charge in [-0.1, -0.05) is 30.3 Å². The van der Waals surface area contributed by atoms with E-state index in [4.69, 9.17) is 9.47 Å². The zero-order chi connectivity index (χ0) is 20.1. The van der Waals surface area contributed by atoms with Crippen LogP contribution < -0.4 is 25.4 Å². The van der Waals surface area contributed by atoms with Gasteiger partial charge in [-0.05, 0) is 32.0 Å². The Balaban J connectivity index is 1.98. The molecular formula is C21H23N3O4. The van der Waals surface area contributed by atoms with E-state index >= 15 is 0 Å². The first-order valence-corrected chi connectivity index (χ1v) is 8.99. The van der Waals surface area contributed by atoms with Crippen molar-refractivity contribution in [3.63, 3.8) is 0 Å². The number of amides is 3. The Morgan fingerprint density at radius 2 is 1.79 bits per heavy atom. The lowest BCUT2D eigenvalue weighted by Crippen LogP contribution is -2.46. The first kappa shape index (κ1) is 19.3. The predicted molar refractivity (Wildman–Crippen MR) is 106 cm³/mol. The third-order valence-corrected chi connectivity index (χ3v) is 4.40. The van der Waals surface area contributed by atoms with Gasteiger partial charge in [-0.2, -0.15) is 0 Å². The van der Waals surface area contributed by atoms with Crippen molar-refractivity contribution < 1.29 is 19.1 Å². The zero-order valence-corrected chi connectivity index (χ0v) is 16.0. The molecule has 146 valence electrons. The first-order valence-electron chi connectivity index (χ1n) is 8.99. The summed E-state index contributed by atoms with van der Waals surface area (Å²) in [5.41, 5.74) is 2.13. The van der Waals surface area contributed by atoms with Crippen molar-refractivity contribution in [1.82, 2.24) is 10.6 Å². The highest BCUT2D eigenvalue weighted by atomic mass is 16.5. The fraction of sp³-hybridized carbons (Fsp3) is 0.238. The van der Waals surface area contributed by atoms with E-state index in [1.165, 1.54) is 0 Å². The van der Waals surface area contributed by atoms with E-state index in [2.05, 4.69) is 16.0 Å². The summed E-state index contributed by atoms with van der Waals surface area (Å²) >= 11 is 0. The molecule has 0 aromatic heterocycles. The van der Waals surface area contributed by atoms with Crippen LogP contribution in [-0.4, -0.2) is 25.7 Å². The highest BCUT2D eigenvalue weighted by Gasteiger charge is 2.33. The normalized spacial score (nSPS) is 16.1. The van der Waals surface area contributed by atoms with Crippen LogP contribution in [0.2, 0.25) is 0 Å². The quantitative estimate of drug-likeness (QED) is 0.716. The Bertz CT molecular complexity index is 923. The van der Waals surface area contributed by atoms with E-state index in [0.717, 1.165) is 0 Å². The van der Waals surface area contributed by atoms with Gasteiger partial charge >= 0.3 is 6.03 Å². The Labute approximate surface area is 163 Å². The standard InChI is InChI=1S/C21H23N3O4/c1-4-28-17-12-8-6-10-15(17)23-20(25)18-13(2)22-21(26)24-19(18)14-9-5-7-11-16(14)27-3/h5-12,19H,4H2,1-3H3,(H,23,25)(H2,22,24,26)/t19-/m1/s1. The van der Waals surface area contributed by atoms with Crippen molar-refractivity contribution in [2.45, 2.75) is 19.9 Å². The number of para-hydroxylation sites is 3. The average Bonchev–Trinajstić information content (AvgIpc) is 2.69. The molecule has 0 spiro atoms. The van der Waals surface area contributed by atoms with Crippen LogP contribution in [0, 0.1) is 0 Å². The van der Waals surface area contributed by atoms with Crippen LogP contribution in [0.15, 0.2) is 59.8 Å². The van der Waals surface area contributed by atoms with Crippen molar-refractivity contribution in [2.24, 2.45) is 0 Å². The van der Waals surface area contributed by atoms with Crippen LogP contribution >= 0.6 is 0 Å². The first-order chi connectivity index (χ1) is 13.5. The summed E-state index contributed by atoms with van der Waals surface area (Å²) in [6.07, 6.45) is 0. The lowest BCUT2D eigenvalue weighted by atomic mass is 9.94. The van der Waals surface area contributed by atoms with Gasteiger partial charge in [-0.25, -0.2) is 4.79 Å². The van der Waals surface area contributed by atoms with Crippen molar-refractivity contribution in [2.75, 3.05) is 19.0 Å². The smallest absolute Gasteiger partial charge is 0.319 e. The number of anilines is 1. The number of methoxy groups -OCH3 is 1. The number of ether oxygens (including phenoxy) is 2. The van der Waals surface area contributed by atoms with Crippen molar-refractivity contribution in [3.05, 3.63) is 65.4 Å². The summed E-state index contributed by atoms with van der Waals surface area (Å²) in [6.45, 7) is 4.06. The molecule has 0 unspecified atom stereocenters. The van der Waals surface area contributed by atoms with Gasteiger partial charge in [0.15, 0.2) is 0 Å². The zero-order valence-electron chi connectivity index (χ0n) is 16.0. The lowest BCUT2D eigenvalue weighted by Gasteiger charge is -2.29. The van der Waals surface area contributed by atoms with Gasteiger partial charge in [-0.15, -0.1) is 0 Å². The number of rotatable bonds is 6. The van der Waals surface area contributed by atoms with Gasteiger partial charge in [0.05, 0.1) is 31.0 Å². The molecule has 3 amide bonds. The number of hydrogen-bond donors (Lipinski definition) is 3. The molecule has 0 aliphatic carbocycles. The highest BCUT2D eigenvalue weighted by molar-refractivity contribution is 6.07. The number of benzene rings is 2. The molecule has 0 fully saturated rings. The number of hydrogen-bond acceptors (Lipinski definition) is 4. The van der Waals surface area contributed by atoms with Crippen LogP contribution in [0.3, 0.4) is 0 Å². The van der Waals surface area contributed by atoms with Gasteiger partial charge in [0.2, 0.25) is 0 Å². The van der Waals surface area contributed by atoms with Crippen LogP contribution in [0.25, 0.3) is 0 Å². The van der Waals surface area contributed by atoms with Crippen LogP contribution in [0.5, 0.6) is 11.5 Å². The molecule has 7 nitrogen and oxygen atoms in total. The molecule has 7 heteroatoms. The molecular weight excluding hydrogens is 358 g/mol. The molecule has 0 saturated carbocycles. The van der Waals surface area contributed by atoms with Gasteiger partial charge in [0.25, 0.3) is 5.91 Å². The van der Waals surface area contributed by atoms with E-state index in [-0.39, 0.29) is 11.9 Å². The highest BCUT2D eigenvalue weighted by Crippen LogP contribution is 2.34. The molecule has 2 aromatic rings. The predicted octanol–water partition coefficient (Wildman–Crippen LogP) is 3.36. The number of carbonyl (C=O) groups is 2. The van der Waals surface area contributed by atoms with E-state index in [1.807, 2.05) is 37.3 Å². The Morgan fingerprint density at radius 3 is 2.50 bits per heavy atom. The maximum atomic E-state index is 13.2. The second-order valence-corrected chi connectivity index (χ2v) is 6.20. The van der Waals surface area contributed by atoms with Gasteiger partial charge in [0.1, 0.15) is 11.5 Å². The summed E-state index contributed by atoms with van der Waals surface area (Å²) in [4.78, 5) is 25.2. The number of allylic oxidation sites excluding steroid dienone is 1. The van der Waals surface area contributed by atoms with Crippen molar-refractivity contribution >= 4 is 17.6 Å². The summed E-state index contributed by atoms with van der Waals surface area (Å²) < 4.78 is 11.0. The van der Waals surface area contributed by atoms with Gasteiger partial charge in [0, 0.05) is 11.3 Å². The van der Waals surface area contributed by atoms with E-state index < -0.39 is 6.04 Å². The molecule has 3 rings (SSSR count). The van der Waals surface area contributed by atoms with Gasteiger partial charge < -0.3 is 25.4 Å². The Kier molecular flexibility index (Phi) is 5.84. The largest absolute Gasteiger partial charge is 0.496 e. The Hall–Kier alpha value is -3.48. The lowest BCUT2D eigenvalue weighted by molar-refractivity contribution is -0.113. The van der Waals surface area contributed by atoms with Crippen molar-refractivity contribution in [1.29, 1.82) is 0 Å². The van der Waals surface area contributed by atoms with E-state index in [0.29, 0.717) is 40.6 Å². The van der Waals surface area contributed by atoms with Gasteiger partial charge in [-0.3, -0.25) is 4.79 Å². The molecule has 0 saturated heterocycles. The average molecular weight is 381 g/mol. The minimum atomic E-state index is -0.649. The van der Waals surface area contributed by atoms with Crippen LogP contribution in [0.1, 0.15) is 25.5 Å². The molecule has 3 N–H and O–H groups in total. The number of carbonyl (C=O) groups excluding carboxylic acids is 2. The molecule has 0 radical (unpaired) electrons. The minimum absolute atomic E-state index is 0.340. The summed E-state index contributed by atoms with van der Waals surface area (Å²) in [7, 11) is 1.55. The molecule has 1 atom stereocenters. The fourth-order valence-electron chi connectivity index (χ4n) is 3.17. The maximum absolute atomic E-state index is 13.2. The van der Waals surface area contributed by atoms with E-state index in [1.54, 1.807) is 32.2 Å². The SMILES string of the molecule is CCOc1ccccc1NC(=O)C1=C(C)NC(=O)N[C@@H]1c1ccccc1OC. The third-order valence-electron chi connectivity index (χ3n) is 4.40. The van der Waals surface area contributed by atoms with Crippen molar-refractivity contribution in [3.8, 4) is 11.5 Å². The Morgan fingerprint density at radius 1 is 1.11 bits per heavy atom. The van der Waals surface area contributed by atoms with E-state index in [9.17, 15) is 9.59 Å². The van der Waals surface area contributed by atoms with Crippen LogP contribution in [0.4, 0.5) is 10.5 Å². The molecule has 1 aliphatic heterocycles. The van der Waals surface area contributed by atoms with Crippen LogP contribution in [-0.2, 0) is 4.79 Å². The molecule has 1 heterocycles. The second-order valence-electron chi connectivity index (χ2n) is 6.20. The monoisotopic (exact) mass is 381 g/mol. The third kappa shape index (κ3) is 3.93. The minimum Gasteiger partial charge on any atom is -0.496 e.